The van der Waals surface area contributed by atoms with Gasteiger partial charge >= 0.3 is 0 Å². The Morgan fingerprint density at radius 2 is 2.06 bits per heavy atom. The number of sulfone groups is 1. The molecule has 0 saturated heterocycles. The molecule has 0 saturated carbocycles. The first-order valence-electron chi connectivity index (χ1n) is 4.78. The lowest BCUT2D eigenvalue weighted by Gasteiger charge is -2.21. The molecule has 0 aliphatic heterocycles. The first kappa shape index (κ1) is 14.1. The number of carbonyl (C=O) groups excluding carboxylic acids is 1. The first-order valence-corrected chi connectivity index (χ1v) is 7.46. The van der Waals surface area contributed by atoms with Crippen molar-refractivity contribution >= 4 is 37.5 Å². The highest BCUT2D eigenvalue weighted by Crippen LogP contribution is 2.22. The number of pyridine rings is 1. The molecule has 1 rings (SSSR count). The molecule has 0 bridgehead atoms. The van der Waals surface area contributed by atoms with Gasteiger partial charge in [-0.3, -0.25) is 4.79 Å². The Kier molecular flexibility index (Phi) is 3.93. The predicted octanol–water partition coefficient (Wildman–Crippen LogP) is 1.61. The van der Waals surface area contributed by atoms with Gasteiger partial charge in [-0.25, -0.2) is 13.4 Å². The standard InChI is InChI=1S/C10H13BrN2O3S/c1-10(2,17(3,15)16)9(14)13-8-7(11)5-4-6-12-8/h4-6H,1-3H3,(H,12,13,14). The molecule has 7 heteroatoms. The number of anilines is 1. The van der Waals surface area contributed by atoms with E-state index in [1.54, 1.807) is 12.1 Å². The second kappa shape index (κ2) is 4.73. The highest BCUT2D eigenvalue weighted by Gasteiger charge is 2.38. The topological polar surface area (TPSA) is 76.1 Å². The third-order valence-corrected chi connectivity index (χ3v) is 5.14. The number of hydrogen-bond donors (Lipinski definition) is 1. The molecule has 0 aromatic carbocycles. The molecule has 5 nitrogen and oxygen atoms in total. The van der Waals surface area contributed by atoms with E-state index >= 15 is 0 Å². The SMILES string of the molecule is CC(C)(C(=O)Nc1ncccc1Br)S(C)(=O)=O. The monoisotopic (exact) mass is 320 g/mol. The summed E-state index contributed by atoms with van der Waals surface area (Å²) in [5.74, 6) is -0.311. The van der Waals surface area contributed by atoms with E-state index in [4.69, 9.17) is 0 Å². The van der Waals surface area contributed by atoms with Crippen LogP contribution in [0.3, 0.4) is 0 Å². The molecule has 94 valence electrons. The smallest absolute Gasteiger partial charge is 0.246 e. The summed E-state index contributed by atoms with van der Waals surface area (Å²) in [5.41, 5.74) is 0. The van der Waals surface area contributed by atoms with Crippen LogP contribution in [0.4, 0.5) is 5.82 Å². The van der Waals surface area contributed by atoms with Crippen molar-refractivity contribution in [2.45, 2.75) is 18.6 Å². The average molecular weight is 321 g/mol. The van der Waals surface area contributed by atoms with Crippen molar-refractivity contribution in [2.75, 3.05) is 11.6 Å². The molecule has 0 aliphatic carbocycles. The lowest BCUT2D eigenvalue weighted by Crippen LogP contribution is -2.44. The lowest BCUT2D eigenvalue weighted by atomic mass is 10.2. The first-order chi connectivity index (χ1) is 7.66. The van der Waals surface area contributed by atoms with Crippen LogP contribution in [0.2, 0.25) is 0 Å². The van der Waals surface area contributed by atoms with E-state index in [2.05, 4.69) is 26.2 Å². The largest absolute Gasteiger partial charge is 0.308 e. The Morgan fingerprint density at radius 1 is 1.47 bits per heavy atom. The lowest BCUT2D eigenvalue weighted by molar-refractivity contribution is -0.117. The maximum Gasteiger partial charge on any atom is 0.246 e. The summed E-state index contributed by atoms with van der Waals surface area (Å²) in [5, 5.41) is 2.48. The van der Waals surface area contributed by atoms with E-state index in [0.717, 1.165) is 6.26 Å². The summed E-state index contributed by atoms with van der Waals surface area (Å²) >= 11 is 3.22. The van der Waals surface area contributed by atoms with Gasteiger partial charge in [-0.2, -0.15) is 0 Å². The van der Waals surface area contributed by atoms with E-state index in [-0.39, 0.29) is 0 Å². The molecule has 0 unspecified atom stereocenters. The van der Waals surface area contributed by atoms with Crippen LogP contribution in [-0.2, 0) is 14.6 Å². The maximum atomic E-state index is 11.9. The van der Waals surface area contributed by atoms with Crippen molar-refractivity contribution < 1.29 is 13.2 Å². The highest BCUT2D eigenvalue weighted by atomic mass is 79.9. The summed E-state index contributed by atoms with van der Waals surface area (Å²) in [6.07, 6.45) is 2.54. The number of amides is 1. The molecule has 0 spiro atoms. The molecule has 1 N–H and O–H groups in total. The number of nitrogens with one attached hydrogen (secondary N) is 1. The van der Waals surface area contributed by atoms with Gasteiger partial charge in [-0.1, -0.05) is 0 Å². The fourth-order valence-corrected chi connectivity index (χ4v) is 1.65. The van der Waals surface area contributed by atoms with Gasteiger partial charge in [0.2, 0.25) is 5.91 Å². The minimum absolute atomic E-state index is 0.300. The second-order valence-corrected chi connectivity index (χ2v) is 7.49. The summed E-state index contributed by atoms with van der Waals surface area (Å²) in [4.78, 5) is 15.8. The van der Waals surface area contributed by atoms with Crippen molar-refractivity contribution in [2.24, 2.45) is 0 Å². The normalized spacial score (nSPS) is 12.2. The average Bonchev–Trinajstić information content (AvgIpc) is 2.19. The van der Waals surface area contributed by atoms with Gasteiger partial charge in [-0.05, 0) is 41.9 Å². The summed E-state index contributed by atoms with van der Waals surface area (Å²) in [7, 11) is -3.49. The predicted molar refractivity (Wildman–Crippen MR) is 69.5 cm³/mol. The minimum Gasteiger partial charge on any atom is -0.308 e. The van der Waals surface area contributed by atoms with Gasteiger partial charge in [0.05, 0.1) is 4.47 Å². The van der Waals surface area contributed by atoms with Crippen LogP contribution in [0, 0.1) is 0 Å². The Hall–Kier alpha value is -0.950. The van der Waals surface area contributed by atoms with Crippen LogP contribution in [0.25, 0.3) is 0 Å². The van der Waals surface area contributed by atoms with Gasteiger partial charge in [-0.15, -0.1) is 0 Å². The Balaban J connectivity index is 2.99. The van der Waals surface area contributed by atoms with Crippen LogP contribution in [0.1, 0.15) is 13.8 Å². The molecule has 1 aromatic heterocycles. The van der Waals surface area contributed by atoms with Crippen molar-refractivity contribution in [3.05, 3.63) is 22.8 Å². The molecule has 1 aromatic rings. The van der Waals surface area contributed by atoms with Crippen LogP contribution in [-0.4, -0.2) is 30.3 Å². The zero-order valence-corrected chi connectivity index (χ0v) is 12.1. The third-order valence-electron chi connectivity index (χ3n) is 2.46. The molecule has 0 fully saturated rings. The van der Waals surface area contributed by atoms with Crippen molar-refractivity contribution in [1.29, 1.82) is 0 Å². The third kappa shape index (κ3) is 3.04. The number of aromatic nitrogens is 1. The van der Waals surface area contributed by atoms with E-state index in [1.165, 1.54) is 20.0 Å². The van der Waals surface area contributed by atoms with Gasteiger partial charge in [0, 0.05) is 12.5 Å². The zero-order valence-electron chi connectivity index (χ0n) is 9.69. The number of rotatable bonds is 3. The zero-order chi connectivity index (χ0) is 13.3. The van der Waals surface area contributed by atoms with Crippen LogP contribution in [0.15, 0.2) is 22.8 Å². The quantitative estimate of drug-likeness (QED) is 0.917. The van der Waals surface area contributed by atoms with Gasteiger partial charge < -0.3 is 5.32 Å². The second-order valence-electron chi connectivity index (χ2n) is 4.07. The fourth-order valence-electron chi connectivity index (χ4n) is 0.904. The number of hydrogen-bond acceptors (Lipinski definition) is 4. The molecule has 0 aliphatic rings. The Labute approximate surface area is 109 Å². The summed E-state index contributed by atoms with van der Waals surface area (Å²) in [6, 6.07) is 3.40. The maximum absolute atomic E-state index is 11.9. The molecule has 17 heavy (non-hydrogen) atoms. The fraction of sp³-hybridized carbons (Fsp3) is 0.400. The van der Waals surface area contributed by atoms with Crippen LogP contribution < -0.4 is 5.32 Å². The van der Waals surface area contributed by atoms with E-state index in [1.807, 2.05) is 0 Å². The molecule has 0 atom stereocenters. The highest BCUT2D eigenvalue weighted by molar-refractivity contribution is 9.10. The minimum atomic E-state index is -3.49. The van der Waals surface area contributed by atoms with Gasteiger partial charge in [0.25, 0.3) is 0 Å². The molecular formula is C10H13BrN2O3S. The Bertz CT molecular complexity index is 540. The van der Waals surface area contributed by atoms with Gasteiger partial charge in [0.15, 0.2) is 9.84 Å². The van der Waals surface area contributed by atoms with Gasteiger partial charge in [0.1, 0.15) is 10.6 Å². The molecule has 1 amide bonds. The number of nitrogens with zero attached hydrogens (tertiary/aromatic N) is 1. The summed E-state index contributed by atoms with van der Waals surface area (Å²) in [6.45, 7) is 2.71. The number of carbonyl (C=O) groups is 1. The van der Waals surface area contributed by atoms with E-state index in [0.29, 0.717) is 10.3 Å². The van der Waals surface area contributed by atoms with E-state index in [9.17, 15) is 13.2 Å². The van der Waals surface area contributed by atoms with E-state index < -0.39 is 20.5 Å². The summed E-state index contributed by atoms with van der Waals surface area (Å²) < 4.78 is 22.1. The van der Waals surface area contributed by atoms with Crippen LogP contribution in [0.5, 0.6) is 0 Å². The van der Waals surface area contributed by atoms with Crippen molar-refractivity contribution in [3.63, 3.8) is 0 Å². The Morgan fingerprint density at radius 3 is 2.53 bits per heavy atom. The number of halogens is 1. The molecule has 1 heterocycles. The van der Waals surface area contributed by atoms with Crippen molar-refractivity contribution in [3.8, 4) is 0 Å². The van der Waals surface area contributed by atoms with Crippen molar-refractivity contribution in [1.82, 2.24) is 4.98 Å². The molecular weight excluding hydrogens is 308 g/mol. The molecule has 0 radical (unpaired) electrons. The van der Waals surface area contributed by atoms with Crippen LogP contribution >= 0.6 is 15.9 Å².